The molecule has 0 unspecified atom stereocenters. The molecule has 9 nitrogen and oxygen atoms in total. The minimum absolute atomic E-state index is 0.0641. The van der Waals surface area contributed by atoms with E-state index in [1.54, 1.807) is 6.20 Å². The fourth-order valence-corrected chi connectivity index (χ4v) is 3.48. The van der Waals surface area contributed by atoms with Gasteiger partial charge >= 0.3 is 0 Å². The summed E-state index contributed by atoms with van der Waals surface area (Å²) in [6.45, 7) is 4.96. The Labute approximate surface area is 160 Å². The summed E-state index contributed by atoms with van der Waals surface area (Å²) in [5.74, 6) is 1.25. The SMILES string of the molecule is Cc1noc(C)c1-c1ccnc(O[C@@H]2CCN(c3cn[nH]c(=O)c3C#N)C2)c1. The molecule has 1 saturated heterocycles. The van der Waals surface area contributed by atoms with Gasteiger partial charge in [0.2, 0.25) is 5.88 Å². The molecule has 1 fully saturated rings. The maximum atomic E-state index is 11.8. The first-order valence-corrected chi connectivity index (χ1v) is 8.85. The van der Waals surface area contributed by atoms with Gasteiger partial charge in [0.15, 0.2) is 0 Å². The van der Waals surface area contributed by atoms with Crippen molar-refractivity contribution < 1.29 is 9.26 Å². The van der Waals surface area contributed by atoms with Crippen LogP contribution in [-0.4, -0.2) is 39.5 Å². The van der Waals surface area contributed by atoms with E-state index in [2.05, 4.69) is 20.3 Å². The third-order valence-corrected chi connectivity index (χ3v) is 4.78. The van der Waals surface area contributed by atoms with Gasteiger partial charge in [-0.3, -0.25) is 4.79 Å². The number of aromatic nitrogens is 4. The number of ether oxygens (including phenoxy) is 1. The smallest absolute Gasteiger partial charge is 0.284 e. The molecule has 9 heteroatoms. The molecule has 0 saturated carbocycles. The Bertz CT molecular complexity index is 1090. The molecule has 0 spiro atoms. The molecule has 0 aromatic carbocycles. The molecule has 142 valence electrons. The molecule has 4 heterocycles. The molecule has 28 heavy (non-hydrogen) atoms. The standard InChI is InChI=1S/C19H18N6O3/c1-11-18(12(2)28-24-11)13-3-5-21-17(7-13)27-14-4-6-25(10-14)16-9-22-23-19(26)15(16)8-20/h3,5,7,9,14H,4,6,10H2,1-2H3,(H,23,26)/t14-/m1/s1. The van der Waals surface area contributed by atoms with Crippen LogP contribution in [0.2, 0.25) is 0 Å². The van der Waals surface area contributed by atoms with Crippen molar-refractivity contribution in [1.82, 2.24) is 20.3 Å². The second-order valence-corrected chi connectivity index (χ2v) is 6.63. The van der Waals surface area contributed by atoms with Crippen molar-refractivity contribution in [2.75, 3.05) is 18.0 Å². The van der Waals surface area contributed by atoms with Gasteiger partial charge in [-0.05, 0) is 25.5 Å². The molecular formula is C19H18N6O3. The van der Waals surface area contributed by atoms with Gasteiger partial charge in [0.05, 0.1) is 24.1 Å². The number of hydrogen-bond donors (Lipinski definition) is 1. The summed E-state index contributed by atoms with van der Waals surface area (Å²) in [5.41, 5.74) is 2.78. The molecular weight excluding hydrogens is 360 g/mol. The van der Waals surface area contributed by atoms with Crippen molar-refractivity contribution >= 4 is 5.69 Å². The van der Waals surface area contributed by atoms with E-state index in [0.717, 1.165) is 29.0 Å². The van der Waals surface area contributed by atoms with Gasteiger partial charge in [-0.15, -0.1) is 0 Å². The Morgan fingerprint density at radius 3 is 3.04 bits per heavy atom. The predicted molar refractivity (Wildman–Crippen MR) is 100 cm³/mol. The molecule has 0 aliphatic carbocycles. The van der Waals surface area contributed by atoms with Crippen LogP contribution in [0.4, 0.5) is 5.69 Å². The van der Waals surface area contributed by atoms with Gasteiger partial charge in [0.25, 0.3) is 5.56 Å². The number of nitriles is 1. The molecule has 1 aliphatic heterocycles. The number of anilines is 1. The molecule has 1 aliphatic rings. The highest BCUT2D eigenvalue weighted by molar-refractivity contribution is 5.68. The summed E-state index contributed by atoms with van der Waals surface area (Å²) in [7, 11) is 0. The Morgan fingerprint density at radius 1 is 1.43 bits per heavy atom. The van der Waals surface area contributed by atoms with Crippen LogP contribution < -0.4 is 15.2 Å². The van der Waals surface area contributed by atoms with E-state index in [0.29, 0.717) is 24.7 Å². The lowest BCUT2D eigenvalue weighted by atomic mass is 10.1. The quantitative estimate of drug-likeness (QED) is 0.731. The van der Waals surface area contributed by atoms with Gasteiger partial charge < -0.3 is 14.2 Å². The van der Waals surface area contributed by atoms with E-state index >= 15 is 0 Å². The van der Waals surface area contributed by atoms with Crippen LogP contribution in [0.15, 0.2) is 33.8 Å². The van der Waals surface area contributed by atoms with Crippen molar-refractivity contribution in [1.29, 1.82) is 5.26 Å². The molecule has 0 amide bonds. The Kier molecular flexibility index (Phi) is 4.53. The monoisotopic (exact) mass is 378 g/mol. The zero-order chi connectivity index (χ0) is 19.7. The van der Waals surface area contributed by atoms with Crippen LogP contribution in [-0.2, 0) is 0 Å². The Hall–Kier alpha value is -3.67. The third-order valence-electron chi connectivity index (χ3n) is 4.78. The van der Waals surface area contributed by atoms with Crippen LogP contribution in [0.25, 0.3) is 11.1 Å². The molecule has 3 aromatic heterocycles. The molecule has 1 atom stereocenters. The van der Waals surface area contributed by atoms with Crippen LogP contribution in [0, 0.1) is 25.2 Å². The minimum Gasteiger partial charge on any atom is -0.472 e. The topological polar surface area (TPSA) is 121 Å². The molecule has 0 radical (unpaired) electrons. The molecule has 4 rings (SSSR count). The van der Waals surface area contributed by atoms with Crippen molar-refractivity contribution in [3.05, 3.63) is 51.9 Å². The normalized spacial score (nSPS) is 16.2. The number of rotatable bonds is 4. The van der Waals surface area contributed by atoms with E-state index in [1.807, 2.05) is 36.9 Å². The van der Waals surface area contributed by atoms with E-state index in [9.17, 15) is 10.1 Å². The van der Waals surface area contributed by atoms with Gasteiger partial charge in [0.1, 0.15) is 23.5 Å². The fourth-order valence-electron chi connectivity index (χ4n) is 3.48. The Balaban J connectivity index is 1.51. The second kappa shape index (κ2) is 7.15. The highest BCUT2D eigenvalue weighted by Gasteiger charge is 2.27. The fraction of sp³-hybridized carbons (Fsp3) is 0.316. The van der Waals surface area contributed by atoms with E-state index < -0.39 is 5.56 Å². The van der Waals surface area contributed by atoms with E-state index in [-0.39, 0.29) is 11.7 Å². The van der Waals surface area contributed by atoms with Crippen LogP contribution in [0.1, 0.15) is 23.4 Å². The highest BCUT2D eigenvalue weighted by atomic mass is 16.5. The lowest BCUT2D eigenvalue weighted by molar-refractivity contribution is 0.216. The first-order valence-electron chi connectivity index (χ1n) is 8.85. The van der Waals surface area contributed by atoms with E-state index in [1.165, 1.54) is 6.20 Å². The minimum atomic E-state index is -0.488. The molecule has 3 aromatic rings. The predicted octanol–water partition coefficient (Wildman–Crippen LogP) is 1.97. The van der Waals surface area contributed by atoms with Gasteiger partial charge in [-0.2, -0.15) is 10.4 Å². The zero-order valence-corrected chi connectivity index (χ0v) is 15.5. The summed E-state index contributed by atoms with van der Waals surface area (Å²) >= 11 is 0. The average Bonchev–Trinajstić information content (AvgIpc) is 3.28. The summed E-state index contributed by atoms with van der Waals surface area (Å²) in [4.78, 5) is 18.0. The average molecular weight is 378 g/mol. The lowest BCUT2D eigenvalue weighted by Crippen LogP contribution is -2.27. The summed E-state index contributed by atoms with van der Waals surface area (Å²) in [6, 6.07) is 5.70. The van der Waals surface area contributed by atoms with Crippen molar-refractivity contribution in [2.45, 2.75) is 26.4 Å². The summed E-state index contributed by atoms with van der Waals surface area (Å²) < 4.78 is 11.3. The number of pyridine rings is 1. The number of nitrogens with one attached hydrogen (secondary N) is 1. The van der Waals surface area contributed by atoms with Gasteiger partial charge in [0, 0.05) is 30.8 Å². The number of aryl methyl sites for hydroxylation is 2. The van der Waals surface area contributed by atoms with Crippen LogP contribution >= 0.6 is 0 Å². The first-order chi connectivity index (χ1) is 13.6. The van der Waals surface area contributed by atoms with E-state index in [4.69, 9.17) is 9.26 Å². The van der Waals surface area contributed by atoms with Crippen LogP contribution in [0.3, 0.4) is 0 Å². The van der Waals surface area contributed by atoms with Crippen molar-refractivity contribution in [3.8, 4) is 23.1 Å². The first kappa shape index (κ1) is 17.7. The number of hydrogen-bond acceptors (Lipinski definition) is 8. The van der Waals surface area contributed by atoms with Crippen LogP contribution in [0.5, 0.6) is 5.88 Å². The van der Waals surface area contributed by atoms with Gasteiger partial charge in [-0.25, -0.2) is 10.1 Å². The maximum absolute atomic E-state index is 11.8. The molecule has 0 bridgehead atoms. The zero-order valence-electron chi connectivity index (χ0n) is 15.5. The summed E-state index contributed by atoms with van der Waals surface area (Å²) in [6.07, 6.45) is 3.82. The van der Waals surface area contributed by atoms with Crippen molar-refractivity contribution in [3.63, 3.8) is 0 Å². The van der Waals surface area contributed by atoms with Crippen molar-refractivity contribution in [2.24, 2.45) is 0 Å². The molecule has 1 N–H and O–H groups in total. The number of aromatic amines is 1. The maximum Gasteiger partial charge on any atom is 0.284 e. The number of nitrogens with zero attached hydrogens (tertiary/aromatic N) is 5. The second-order valence-electron chi connectivity index (χ2n) is 6.63. The summed E-state index contributed by atoms with van der Waals surface area (Å²) in [5, 5.41) is 19.3. The Morgan fingerprint density at radius 2 is 2.29 bits per heavy atom. The highest BCUT2D eigenvalue weighted by Crippen LogP contribution is 2.29. The largest absolute Gasteiger partial charge is 0.472 e. The third kappa shape index (κ3) is 3.20. The number of H-pyrrole nitrogens is 1. The lowest BCUT2D eigenvalue weighted by Gasteiger charge is -2.19. The van der Waals surface area contributed by atoms with Gasteiger partial charge in [-0.1, -0.05) is 5.16 Å².